The second-order valence-electron chi connectivity index (χ2n) is 4.45. The number of thioether (sulfide) groups is 1. The number of methoxy groups -OCH3 is 1. The summed E-state index contributed by atoms with van der Waals surface area (Å²) in [4.78, 5) is 23.8. The van der Waals surface area contributed by atoms with E-state index in [1.54, 1.807) is 0 Å². The van der Waals surface area contributed by atoms with Crippen molar-refractivity contribution in [3.8, 4) is 0 Å². The first-order valence-corrected chi connectivity index (χ1v) is 8.23. The monoisotopic (exact) mass is 306 g/mol. The van der Waals surface area contributed by atoms with Crippen LogP contribution in [0.5, 0.6) is 0 Å². The molecule has 0 spiro atoms. The van der Waals surface area contributed by atoms with Gasteiger partial charge in [0.25, 0.3) is 0 Å². The van der Waals surface area contributed by atoms with Crippen LogP contribution in [0.3, 0.4) is 0 Å². The third-order valence-electron chi connectivity index (χ3n) is 2.73. The van der Waals surface area contributed by atoms with Crippen molar-refractivity contribution in [2.45, 2.75) is 25.7 Å². The van der Waals surface area contributed by atoms with Gasteiger partial charge in [-0.25, -0.2) is 4.79 Å². The molecule has 0 atom stereocenters. The summed E-state index contributed by atoms with van der Waals surface area (Å²) in [5, 5.41) is 11.5. The van der Waals surface area contributed by atoms with E-state index in [0.29, 0.717) is 13.2 Å². The Morgan fingerprint density at radius 3 is 2.55 bits per heavy atom. The highest BCUT2D eigenvalue weighted by molar-refractivity contribution is 7.98. The van der Waals surface area contributed by atoms with Crippen LogP contribution in [0.1, 0.15) is 25.7 Å². The minimum Gasteiger partial charge on any atom is -0.480 e. The van der Waals surface area contributed by atoms with E-state index in [0.717, 1.165) is 12.8 Å². The van der Waals surface area contributed by atoms with Crippen LogP contribution >= 0.6 is 11.8 Å². The number of nitrogens with one attached hydrogen (secondary N) is 1. The van der Waals surface area contributed by atoms with Crippen molar-refractivity contribution in [2.75, 3.05) is 45.4 Å². The Bertz CT molecular complexity index is 277. The predicted octanol–water partition coefficient (Wildman–Crippen LogP) is 1.65. The summed E-state index contributed by atoms with van der Waals surface area (Å²) in [5.74, 6) is 0.156. The number of urea groups is 1. The van der Waals surface area contributed by atoms with Gasteiger partial charge in [0.1, 0.15) is 6.54 Å². The summed E-state index contributed by atoms with van der Waals surface area (Å²) in [5.41, 5.74) is 0. The van der Waals surface area contributed by atoms with Gasteiger partial charge in [-0.1, -0.05) is 12.8 Å². The lowest BCUT2D eigenvalue weighted by molar-refractivity contribution is -0.137. The van der Waals surface area contributed by atoms with Crippen LogP contribution in [-0.2, 0) is 9.53 Å². The number of carboxylic acid groups (broad SMARTS) is 1. The Labute approximate surface area is 125 Å². The van der Waals surface area contributed by atoms with Gasteiger partial charge < -0.3 is 20.1 Å². The second-order valence-corrected chi connectivity index (χ2v) is 5.43. The molecule has 0 aromatic rings. The van der Waals surface area contributed by atoms with Gasteiger partial charge in [-0.15, -0.1) is 0 Å². The summed E-state index contributed by atoms with van der Waals surface area (Å²) >= 11 is 1.84. The zero-order chi connectivity index (χ0) is 15.2. The van der Waals surface area contributed by atoms with Crippen LogP contribution in [0.4, 0.5) is 4.79 Å². The van der Waals surface area contributed by atoms with Gasteiger partial charge in [-0.3, -0.25) is 4.79 Å². The van der Waals surface area contributed by atoms with Gasteiger partial charge in [0, 0.05) is 20.2 Å². The van der Waals surface area contributed by atoms with Crippen LogP contribution in [0.2, 0.25) is 0 Å². The number of carboxylic acids is 1. The minimum atomic E-state index is -1.02. The lowest BCUT2D eigenvalue weighted by Crippen LogP contribution is -2.44. The average Bonchev–Trinajstić information content (AvgIpc) is 2.41. The average molecular weight is 306 g/mol. The van der Waals surface area contributed by atoms with Crippen LogP contribution in [0.15, 0.2) is 0 Å². The first-order valence-electron chi connectivity index (χ1n) is 6.84. The molecule has 0 aliphatic rings. The molecule has 2 N–H and O–H groups in total. The van der Waals surface area contributed by atoms with Gasteiger partial charge in [0.15, 0.2) is 0 Å². The predicted molar refractivity (Wildman–Crippen MR) is 81.3 cm³/mol. The van der Waals surface area contributed by atoms with E-state index in [2.05, 4.69) is 11.6 Å². The van der Waals surface area contributed by atoms with Gasteiger partial charge in [-0.2, -0.15) is 11.8 Å². The fraction of sp³-hybridized carbons (Fsp3) is 0.846. The molecule has 0 rings (SSSR count). The fourth-order valence-electron chi connectivity index (χ4n) is 1.65. The zero-order valence-corrected chi connectivity index (χ0v) is 13.2. The standard InChI is InChI=1S/C13H26N2O4S/c1-19-9-8-15(11-12(16)17)13(18)14-7-5-3-4-6-10-20-2/h3-11H2,1-2H3,(H,14,18)(H,16,17). The van der Waals surface area contributed by atoms with Crippen LogP contribution in [0.25, 0.3) is 0 Å². The normalized spacial score (nSPS) is 10.3. The summed E-state index contributed by atoms with van der Waals surface area (Å²) in [6.45, 7) is 0.891. The number of nitrogens with zero attached hydrogens (tertiary/aromatic N) is 1. The number of hydrogen-bond acceptors (Lipinski definition) is 4. The van der Waals surface area contributed by atoms with Crippen LogP contribution in [-0.4, -0.2) is 67.4 Å². The molecule has 0 heterocycles. The number of aliphatic carboxylic acids is 1. The van der Waals surface area contributed by atoms with Crippen molar-refractivity contribution >= 4 is 23.8 Å². The van der Waals surface area contributed by atoms with Gasteiger partial charge in [0.05, 0.1) is 6.61 Å². The highest BCUT2D eigenvalue weighted by Crippen LogP contribution is 2.04. The quantitative estimate of drug-likeness (QED) is 0.536. The van der Waals surface area contributed by atoms with E-state index in [1.807, 2.05) is 11.8 Å². The van der Waals surface area contributed by atoms with E-state index in [-0.39, 0.29) is 19.1 Å². The molecule has 0 aliphatic carbocycles. The molecule has 0 saturated heterocycles. The van der Waals surface area contributed by atoms with Crippen molar-refractivity contribution in [2.24, 2.45) is 0 Å². The molecule has 0 aromatic heterocycles. The number of ether oxygens (including phenoxy) is 1. The van der Waals surface area contributed by atoms with E-state index in [1.165, 1.54) is 30.6 Å². The molecule has 0 aromatic carbocycles. The van der Waals surface area contributed by atoms with Crippen molar-refractivity contribution in [3.63, 3.8) is 0 Å². The maximum absolute atomic E-state index is 11.8. The molecule has 7 heteroatoms. The van der Waals surface area contributed by atoms with E-state index < -0.39 is 5.97 Å². The SMILES string of the molecule is COCCN(CC(=O)O)C(=O)NCCCCCCSC. The van der Waals surface area contributed by atoms with Gasteiger partial charge in [0.2, 0.25) is 0 Å². The number of amides is 2. The molecule has 2 amide bonds. The molecule has 0 saturated carbocycles. The molecular weight excluding hydrogens is 280 g/mol. The number of carbonyl (C=O) groups excluding carboxylic acids is 1. The molecule has 6 nitrogen and oxygen atoms in total. The third-order valence-corrected chi connectivity index (χ3v) is 3.43. The maximum atomic E-state index is 11.8. The summed E-state index contributed by atoms with van der Waals surface area (Å²) in [6.07, 6.45) is 6.47. The van der Waals surface area contributed by atoms with Gasteiger partial charge in [-0.05, 0) is 24.9 Å². The summed E-state index contributed by atoms with van der Waals surface area (Å²) < 4.78 is 4.87. The lowest BCUT2D eigenvalue weighted by Gasteiger charge is -2.20. The van der Waals surface area contributed by atoms with Crippen molar-refractivity contribution in [1.29, 1.82) is 0 Å². The fourth-order valence-corrected chi connectivity index (χ4v) is 2.14. The van der Waals surface area contributed by atoms with E-state index in [9.17, 15) is 9.59 Å². The molecule has 0 bridgehead atoms. The highest BCUT2D eigenvalue weighted by atomic mass is 32.2. The smallest absolute Gasteiger partial charge is 0.323 e. The Hall–Kier alpha value is -0.950. The number of hydrogen-bond donors (Lipinski definition) is 2. The Kier molecular flexibility index (Phi) is 12.4. The first-order chi connectivity index (χ1) is 9.61. The molecule has 0 fully saturated rings. The van der Waals surface area contributed by atoms with Gasteiger partial charge >= 0.3 is 12.0 Å². The lowest BCUT2D eigenvalue weighted by atomic mass is 10.2. The van der Waals surface area contributed by atoms with Crippen LogP contribution < -0.4 is 5.32 Å². The Morgan fingerprint density at radius 2 is 1.95 bits per heavy atom. The minimum absolute atomic E-state index is 0.280. The zero-order valence-electron chi connectivity index (χ0n) is 12.4. The third kappa shape index (κ3) is 10.9. The first kappa shape index (κ1) is 19.1. The Morgan fingerprint density at radius 1 is 1.25 bits per heavy atom. The van der Waals surface area contributed by atoms with E-state index >= 15 is 0 Å². The summed E-state index contributed by atoms with van der Waals surface area (Å²) in [7, 11) is 1.52. The topological polar surface area (TPSA) is 78.9 Å². The van der Waals surface area contributed by atoms with E-state index in [4.69, 9.17) is 9.84 Å². The second kappa shape index (κ2) is 13.1. The molecule has 0 aliphatic heterocycles. The largest absolute Gasteiger partial charge is 0.480 e. The maximum Gasteiger partial charge on any atom is 0.323 e. The van der Waals surface area contributed by atoms with Crippen molar-refractivity contribution in [3.05, 3.63) is 0 Å². The number of unbranched alkanes of at least 4 members (excludes halogenated alkanes) is 3. The molecular formula is C13H26N2O4S. The number of carbonyl (C=O) groups is 2. The molecule has 0 radical (unpaired) electrons. The highest BCUT2D eigenvalue weighted by Gasteiger charge is 2.15. The van der Waals surface area contributed by atoms with Crippen LogP contribution in [0, 0.1) is 0 Å². The molecule has 20 heavy (non-hydrogen) atoms. The molecule has 118 valence electrons. The van der Waals surface area contributed by atoms with Crippen molar-refractivity contribution < 1.29 is 19.4 Å². The Balaban J connectivity index is 3.79. The van der Waals surface area contributed by atoms with Crippen molar-refractivity contribution in [1.82, 2.24) is 10.2 Å². The summed E-state index contributed by atoms with van der Waals surface area (Å²) in [6, 6.07) is -0.339. The molecule has 0 unspecified atom stereocenters. The number of rotatable bonds is 12.